The average Bonchev–Trinajstić information content (AvgIpc) is 2.37. The van der Waals surface area contributed by atoms with E-state index >= 15 is 0 Å². The number of halogens is 2. The predicted molar refractivity (Wildman–Crippen MR) is 76.6 cm³/mol. The van der Waals surface area contributed by atoms with E-state index in [-0.39, 0.29) is 30.6 Å². The van der Waals surface area contributed by atoms with Crippen molar-refractivity contribution in [2.45, 2.75) is 19.4 Å². The molecule has 0 radical (unpaired) electrons. The summed E-state index contributed by atoms with van der Waals surface area (Å²) in [5.74, 6) is -1.54. The van der Waals surface area contributed by atoms with Gasteiger partial charge in [-0.3, -0.25) is 14.5 Å². The third-order valence-electron chi connectivity index (χ3n) is 2.84. The minimum Gasteiger partial charge on any atom is -0.480 e. The maximum absolute atomic E-state index is 12.7. The molecule has 0 aromatic heterocycles. The number of nitrogens with one attached hydrogen (secondary N) is 1. The fraction of sp³-hybridized carbons (Fsp3) is 0.385. The summed E-state index contributed by atoms with van der Waals surface area (Å²) in [5.41, 5.74) is 0.514. The van der Waals surface area contributed by atoms with Gasteiger partial charge < -0.3 is 10.4 Å². The van der Waals surface area contributed by atoms with Gasteiger partial charge in [-0.2, -0.15) is 0 Å². The van der Waals surface area contributed by atoms with Crippen LogP contribution in [0.1, 0.15) is 13.3 Å². The molecular weight excluding hydrogens is 287 g/mol. The van der Waals surface area contributed by atoms with E-state index in [9.17, 15) is 14.0 Å². The van der Waals surface area contributed by atoms with Gasteiger partial charge in [-0.15, -0.1) is 12.4 Å². The Hall–Kier alpha value is -1.66. The van der Waals surface area contributed by atoms with E-state index in [1.165, 1.54) is 24.3 Å². The number of amides is 1. The van der Waals surface area contributed by atoms with Crippen molar-refractivity contribution in [2.75, 3.05) is 18.9 Å². The lowest BCUT2D eigenvalue weighted by atomic mass is 10.2. The standard InChI is InChI=1S/C13H17FN2O3.ClH/c1-9(13(18)19)16(2)8-7-12(17)15-11-5-3-10(14)4-6-11;/h3-6,9H,7-8H2,1-2H3,(H,15,17)(H,18,19);1H. The van der Waals surface area contributed by atoms with E-state index in [4.69, 9.17) is 5.11 Å². The SMILES string of the molecule is CC(C(=O)O)N(C)CCC(=O)Nc1ccc(F)cc1.Cl. The second-order valence-corrected chi connectivity index (χ2v) is 4.30. The Balaban J connectivity index is 0.00000361. The van der Waals surface area contributed by atoms with Crippen molar-refractivity contribution in [1.82, 2.24) is 4.90 Å². The monoisotopic (exact) mass is 304 g/mol. The largest absolute Gasteiger partial charge is 0.480 e. The molecule has 0 fully saturated rings. The lowest BCUT2D eigenvalue weighted by Gasteiger charge is -2.20. The molecule has 0 aliphatic heterocycles. The van der Waals surface area contributed by atoms with Gasteiger partial charge in [0.1, 0.15) is 11.9 Å². The van der Waals surface area contributed by atoms with Gasteiger partial charge in [0, 0.05) is 18.7 Å². The molecule has 0 saturated carbocycles. The number of benzene rings is 1. The number of carbonyl (C=O) groups is 2. The molecule has 0 spiro atoms. The van der Waals surface area contributed by atoms with E-state index in [2.05, 4.69) is 5.32 Å². The lowest BCUT2D eigenvalue weighted by Crippen LogP contribution is -2.37. The zero-order valence-electron chi connectivity index (χ0n) is 11.3. The molecule has 0 bridgehead atoms. The molecule has 112 valence electrons. The van der Waals surface area contributed by atoms with Crippen LogP contribution in [0.5, 0.6) is 0 Å². The van der Waals surface area contributed by atoms with Crippen molar-refractivity contribution in [2.24, 2.45) is 0 Å². The first-order valence-electron chi connectivity index (χ1n) is 5.88. The molecule has 1 aromatic rings. The Morgan fingerprint density at radius 3 is 2.40 bits per heavy atom. The van der Waals surface area contributed by atoms with Crippen LogP contribution in [0.2, 0.25) is 0 Å². The van der Waals surface area contributed by atoms with Gasteiger partial charge in [0.25, 0.3) is 0 Å². The predicted octanol–water partition coefficient (Wildman–Crippen LogP) is 1.98. The van der Waals surface area contributed by atoms with Crippen LogP contribution in [0, 0.1) is 5.82 Å². The highest BCUT2D eigenvalue weighted by molar-refractivity contribution is 5.90. The number of rotatable bonds is 6. The van der Waals surface area contributed by atoms with Crippen molar-refractivity contribution >= 4 is 30.0 Å². The zero-order chi connectivity index (χ0) is 14.4. The topological polar surface area (TPSA) is 69.6 Å². The van der Waals surface area contributed by atoms with Crippen LogP contribution < -0.4 is 5.32 Å². The summed E-state index contributed by atoms with van der Waals surface area (Å²) >= 11 is 0. The van der Waals surface area contributed by atoms with Crippen LogP contribution in [0.15, 0.2) is 24.3 Å². The highest BCUT2D eigenvalue weighted by Crippen LogP contribution is 2.08. The molecule has 2 N–H and O–H groups in total. The summed E-state index contributed by atoms with van der Waals surface area (Å²) in [6.45, 7) is 1.89. The quantitative estimate of drug-likeness (QED) is 0.843. The summed E-state index contributed by atoms with van der Waals surface area (Å²) in [6.07, 6.45) is 0.172. The first kappa shape index (κ1) is 18.3. The Kier molecular flexibility index (Phi) is 7.79. The molecule has 7 heteroatoms. The van der Waals surface area contributed by atoms with E-state index < -0.39 is 12.0 Å². The minimum absolute atomic E-state index is 0. The van der Waals surface area contributed by atoms with E-state index in [0.29, 0.717) is 12.2 Å². The Bertz CT molecular complexity index is 453. The summed E-state index contributed by atoms with van der Waals surface area (Å²) in [4.78, 5) is 23.9. The van der Waals surface area contributed by atoms with Gasteiger partial charge in [0.15, 0.2) is 0 Å². The first-order chi connectivity index (χ1) is 8.90. The molecular formula is C13H18ClFN2O3. The molecule has 0 aliphatic rings. The summed E-state index contributed by atoms with van der Waals surface area (Å²) < 4.78 is 12.7. The number of hydrogen-bond acceptors (Lipinski definition) is 3. The van der Waals surface area contributed by atoms with Gasteiger partial charge in [0.05, 0.1) is 0 Å². The molecule has 0 heterocycles. The second-order valence-electron chi connectivity index (χ2n) is 4.30. The number of carboxylic acids is 1. The molecule has 1 atom stereocenters. The fourth-order valence-electron chi connectivity index (χ4n) is 1.42. The third kappa shape index (κ3) is 5.99. The number of nitrogens with zero attached hydrogens (tertiary/aromatic N) is 1. The zero-order valence-corrected chi connectivity index (χ0v) is 12.1. The molecule has 20 heavy (non-hydrogen) atoms. The average molecular weight is 305 g/mol. The molecule has 1 unspecified atom stereocenters. The highest BCUT2D eigenvalue weighted by Gasteiger charge is 2.17. The number of hydrogen-bond donors (Lipinski definition) is 2. The Morgan fingerprint density at radius 2 is 1.90 bits per heavy atom. The maximum Gasteiger partial charge on any atom is 0.320 e. The maximum atomic E-state index is 12.7. The molecule has 1 amide bonds. The van der Waals surface area contributed by atoms with E-state index in [0.717, 1.165) is 0 Å². The number of anilines is 1. The van der Waals surface area contributed by atoms with Crippen LogP contribution in [0.3, 0.4) is 0 Å². The molecule has 1 rings (SSSR count). The number of likely N-dealkylation sites (N-methyl/N-ethyl adjacent to an activating group) is 1. The smallest absolute Gasteiger partial charge is 0.320 e. The van der Waals surface area contributed by atoms with Gasteiger partial charge in [-0.1, -0.05) is 0 Å². The Morgan fingerprint density at radius 1 is 1.35 bits per heavy atom. The fourth-order valence-corrected chi connectivity index (χ4v) is 1.42. The molecule has 1 aromatic carbocycles. The van der Waals surface area contributed by atoms with Gasteiger partial charge >= 0.3 is 5.97 Å². The van der Waals surface area contributed by atoms with Crippen LogP contribution in [-0.4, -0.2) is 41.5 Å². The van der Waals surface area contributed by atoms with Crippen molar-refractivity contribution in [1.29, 1.82) is 0 Å². The van der Waals surface area contributed by atoms with Crippen LogP contribution >= 0.6 is 12.4 Å². The summed E-state index contributed by atoms with van der Waals surface area (Å²) in [5, 5.41) is 11.4. The number of carboxylic acid groups (broad SMARTS) is 1. The summed E-state index contributed by atoms with van der Waals surface area (Å²) in [6, 6.07) is 4.81. The lowest BCUT2D eigenvalue weighted by molar-refractivity contribution is -0.142. The van der Waals surface area contributed by atoms with Crippen molar-refractivity contribution in [3.63, 3.8) is 0 Å². The van der Waals surface area contributed by atoms with Gasteiger partial charge in [-0.05, 0) is 38.2 Å². The highest BCUT2D eigenvalue weighted by atomic mass is 35.5. The normalized spacial score (nSPS) is 11.6. The van der Waals surface area contributed by atoms with E-state index in [1.54, 1.807) is 18.9 Å². The van der Waals surface area contributed by atoms with Crippen molar-refractivity contribution in [3.05, 3.63) is 30.1 Å². The van der Waals surface area contributed by atoms with Crippen LogP contribution in [0.25, 0.3) is 0 Å². The number of carbonyl (C=O) groups excluding carboxylic acids is 1. The number of aliphatic carboxylic acids is 1. The second kappa shape index (κ2) is 8.50. The van der Waals surface area contributed by atoms with Crippen molar-refractivity contribution in [3.8, 4) is 0 Å². The summed E-state index contributed by atoms with van der Waals surface area (Å²) in [7, 11) is 1.64. The minimum atomic E-state index is -0.929. The van der Waals surface area contributed by atoms with Gasteiger partial charge in [0.2, 0.25) is 5.91 Å². The Labute approximate surface area is 123 Å². The molecule has 0 aliphatic carbocycles. The van der Waals surface area contributed by atoms with Crippen molar-refractivity contribution < 1.29 is 19.1 Å². The van der Waals surface area contributed by atoms with Crippen LogP contribution in [0.4, 0.5) is 10.1 Å². The van der Waals surface area contributed by atoms with Gasteiger partial charge in [-0.25, -0.2) is 4.39 Å². The molecule has 5 nitrogen and oxygen atoms in total. The molecule has 0 saturated heterocycles. The van der Waals surface area contributed by atoms with Crippen LogP contribution in [-0.2, 0) is 9.59 Å². The van der Waals surface area contributed by atoms with E-state index in [1.807, 2.05) is 0 Å². The first-order valence-corrected chi connectivity index (χ1v) is 5.88. The third-order valence-corrected chi connectivity index (χ3v) is 2.84.